The molecule has 86 valence electrons. The Morgan fingerprint density at radius 1 is 1.20 bits per heavy atom. The van der Waals surface area contributed by atoms with E-state index in [1.807, 2.05) is 0 Å². The lowest BCUT2D eigenvalue weighted by Gasteiger charge is -2.32. The predicted molar refractivity (Wildman–Crippen MR) is 56.8 cm³/mol. The Kier molecular flexibility index (Phi) is 3.59. The predicted octanol–water partition coefficient (Wildman–Crippen LogP) is 1.06. The van der Waals surface area contributed by atoms with Crippen LogP contribution in [0.1, 0.15) is 38.5 Å². The molecule has 2 aliphatic rings. The Hall–Kier alpha value is -0.610. The standard InChI is InChI=1S/C11H20N2O2/c12-10-5-3-9(4-6-10)11(14)13-7-1-2-8-15-13/h9-10H,1-8,12H2. The molecule has 1 heterocycles. The second kappa shape index (κ2) is 4.94. The van der Waals surface area contributed by atoms with Gasteiger partial charge in [0.05, 0.1) is 6.61 Å². The summed E-state index contributed by atoms with van der Waals surface area (Å²) in [7, 11) is 0. The van der Waals surface area contributed by atoms with Crippen LogP contribution in [0.25, 0.3) is 0 Å². The van der Waals surface area contributed by atoms with Gasteiger partial charge in [0.2, 0.25) is 5.91 Å². The van der Waals surface area contributed by atoms with Crippen molar-refractivity contribution in [3.63, 3.8) is 0 Å². The molecule has 0 aromatic heterocycles. The van der Waals surface area contributed by atoms with Crippen molar-refractivity contribution >= 4 is 5.91 Å². The number of amides is 1. The summed E-state index contributed by atoms with van der Waals surface area (Å²) in [6.07, 6.45) is 5.95. The summed E-state index contributed by atoms with van der Waals surface area (Å²) in [5, 5.41) is 1.57. The van der Waals surface area contributed by atoms with E-state index in [1.165, 1.54) is 0 Å². The largest absolute Gasteiger partial charge is 0.328 e. The lowest BCUT2D eigenvalue weighted by molar-refractivity contribution is -0.202. The Morgan fingerprint density at radius 2 is 1.93 bits per heavy atom. The summed E-state index contributed by atoms with van der Waals surface area (Å²) >= 11 is 0. The van der Waals surface area contributed by atoms with E-state index in [9.17, 15) is 4.79 Å². The first-order chi connectivity index (χ1) is 7.27. The van der Waals surface area contributed by atoms with E-state index < -0.39 is 0 Å². The maximum Gasteiger partial charge on any atom is 0.249 e. The summed E-state index contributed by atoms with van der Waals surface area (Å²) in [5.74, 6) is 0.338. The summed E-state index contributed by atoms with van der Waals surface area (Å²) in [4.78, 5) is 17.4. The third-order valence-electron chi connectivity index (χ3n) is 3.37. The highest BCUT2D eigenvalue weighted by atomic mass is 16.7. The first kappa shape index (κ1) is 10.9. The van der Waals surface area contributed by atoms with Crippen molar-refractivity contribution in [2.75, 3.05) is 13.2 Å². The molecule has 1 saturated heterocycles. The van der Waals surface area contributed by atoms with E-state index in [2.05, 4.69) is 0 Å². The Morgan fingerprint density at radius 3 is 2.53 bits per heavy atom. The number of hydrogen-bond acceptors (Lipinski definition) is 3. The summed E-state index contributed by atoms with van der Waals surface area (Å²) in [6, 6.07) is 0.302. The minimum Gasteiger partial charge on any atom is -0.328 e. The van der Waals surface area contributed by atoms with Crippen LogP contribution in [-0.2, 0) is 9.63 Å². The van der Waals surface area contributed by atoms with Gasteiger partial charge in [0, 0.05) is 18.5 Å². The normalized spacial score (nSPS) is 32.7. The number of nitrogens with two attached hydrogens (primary N) is 1. The van der Waals surface area contributed by atoms with Crippen molar-refractivity contribution in [1.82, 2.24) is 5.06 Å². The first-order valence-corrected chi connectivity index (χ1v) is 5.97. The number of rotatable bonds is 1. The average Bonchev–Trinajstić information content (AvgIpc) is 2.30. The van der Waals surface area contributed by atoms with Crippen LogP contribution < -0.4 is 5.73 Å². The zero-order valence-corrected chi connectivity index (χ0v) is 9.15. The topological polar surface area (TPSA) is 55.6 Å². The van der Waals surface area contributed by atoms with Crippen molar-refractivity contribution in [2.45, 2.75) is 44.6 Å². The third kappa shape index (κ3) is 2.69. The molecule has 0 spiro atoms. The maximum atomic E-state index is 12.0. The third-order valence-corrected chi connectivity index (χ3v) is 3.37. The molecular weight excluding hydrogens is 192 g/mol. The van der Waals surface area contributed by atoms with E-state index in [0.29, 0.717) is 12.6 Å². The van der Waals surface area contributed by atoms with Crippen LogP contribution in [0.3, 0.4) is 0 Å². The molecule has 0 bridgehead atoms. The summed E-state index contributed by atoms with van der Waals surface area (Å²) in [6.45, 7) is 1.46. The fourth-order valence-corrected chi connectivity index (χ4v) is 2.34. The molecule has 1 aliphatic carbocycles. The van der Waals surface area contributed by atoms with Gasteiger partial charge in [0.1, 0.15) is 0 Å². The molecule has 2 N–H and O–H groups in total. The van der Waals surface area contributed by atoms with Gasteiger partial charge in [-0.1, -0.05) is 0 Å². The van der Waals surface area contributed by atoms with E-state index in [-0.39, 0.29) is 11.8 Å². The Labute approximate surface area is 90.7 Å². The quantitative estimate of drug-likeness (QED) is 0.707. The van der Waals surface area contributed by atoms with Crippen molar-refractivity contribution in [2.24, 2.45) is 11.7 Å². The van der Waals surface area contributed by atoms with Gasteiger partial charge in [-0.15, -0.1) is 0 Å². The number of carbonyl (C=O) groups is 1. The molecular formula is C11H20N2O2. The molecule has 4 heteroatoms. The summed E-state index contributed by atoms with van der Waals surface area (Å²) in [5.41, 5.74) is 5.82. The van der Waals surface area contributed by atoms with Gasteiger partial charge >= 0.3 is 0 Å². The van der Waals surface area contributed by atoms with Crippen molar-refractivity contribution in [3.05, 3.63) is 0 Å². The van der Waals surface area contributed by atoms with Crippen LogP contribution in [0.2, 0.25) is 0 Å². The van der Waals surface area contributed by atoms with Crippen LogP contribution in [0.15, 0.2) is 0 Å². The molecule has 2 fully saturated rings. The van der Waals surface area contributed by atoms with Gasteiger partial charge in [-0.2, -0.15) is 0 Å². The van der Waals surface area contributed by atoms with Crippen LogP contribution in [-0.4, -0.2) is 30.2 Å². The van der Waals surface area contributed by atoms with Crippen molar-refractivity contribution < 1.29 is 9.63 Å². The lowest BCUT2D eigenvalue weighted by Crippen LogP contribution is -2.41. The minimum absolute atomic E-state index is 0.155. The van der Waals surface area contributed by atoms with E-state index >= 15 is 0 Å². The molecule has 0 atom stereocenters. The molecule has 1 amide bonds. The van der Waals surface area contributed by atoms with Gasteiger partial charge in [-0.05, 0) is 38.5 Å². The fourth-order valence-electron chi connectivity index (χ4n) is 2.34. The van der Waals surface area contributed by atoms with Crippen molar-refractivity contribution in [1.29, 1.82) is 0 Å². The maximum absolute atomic E-state index is 12.0. The fraction of sp³-hybridized carbons (Fsp3) is 0.909. The lowest BCUT2D eigenvalue weighted by atomic mass is 9.86. The van der Waals surface area contributed by atoms with Crippen LogP contribution in [0, 0.1) is 5.92 Å². The zero-order valence-electron chi connectivity index (χ0n) is 9.15. The number of carbonyl (C=O) groups excluding carboxylic acids is 1. The van der Waals surface area contributed by atoms with E-state index in [0.717, 1.165) is 45.1 Å². The molecule has 1 saturated carbocycles. The van der Waals surface area contributed by atoms with E-state index in [1.54, 1.807) is 5.06 Å². The second-order valence-corrected chi connectivity index (χ2v) is 4.59. The monoisotopic (exact) mass is 212 g/mol. The molecule has 2 rings (SSSR count). The number of hydroxylamine groups is 2. The van der Waals surface area contributed by atoms with Crippen LogP contribution in [0.4, 0.5) is 0 Å². The van der Waals surface area contributed by atoms with Crippen molar-refractivity contribution in [3.8, 4) is 0 Å². The first-order valence-electron chi connectivity index (χ1n) is 5.97. The summed E-state index contributed by atoms with van der Waals surface area (Å²) < 4.78 is 0. The molecule has 0 unspecified atom stereocenters. The van der Waals surface area contributed by atoms with Gasteiger partial charge in [0.15, 0.2) is 0 Å². The Balaban J connectivity index is 1.84. The highest BCUT2D eigenvalue weighted by Crippen LogP contribution is 2.25. The second-order valence-electron chi connectivity index (χ2n) is 4.59. The molecule has 0 aromatic carbocycles. The van der Waals surface area contributed by atoms with Crippen LogP contribution >= 0.6 is 0 Å². The molecule has 0 aromatic rings. The highest BCUT2D eigenvalue weighted by molar-refractivity contribution is 5.78. The van der Waals surface area contributed by atoms with Gasteiger partial charge in [0.25, 0.3) is 0 Å². The van der Waals surface area contributed by atoms with Gasteiger partial charge < -0.3 is 5.73 Å². The minimum atomic E-state index is 0.155. The number of hydrogen-bond donors (Lipinski definition) is 1. The SMILES string of the molecule is NC1CCC(C(=O)N2CCCCO2)CC1. The molecule has 4 nitrogen and oxygen atoms in total. The Bertz CT molecular complexity index is 219. The average molecular weight is 212 g/mol. The van der Waals surface area contributed by atoms with E-state index in [4.69, 9.17) is 10.6 Å². The van der Waals surface area contributed by atoms with Crippen LogP contribution in [0.5, 0.6) is 0 Å². The van der Waals surface area contributed by atoms with Gasteiger partial charge in [-0.3, -0.25) is 9.63 Å². The molecule has 15 heavy (non-hydrogen) atoms. The van der Waals surface area contributed by atoms with Gasteiger partial charge in [-0.25, -0.2) is 5.06 Å². The smallest absolute Gasteiger partial charge is 0.249 e. The number of nitrogens with zero attached hydrogens (tertiary/aromatic N) is 1. The molecule has 0 radical (unpaired) electrons. The molecule has 1 aliphatic heterocycles. The highest BCUT2D eigenvalue weighted by Gasteiger charge is 2.29. The zero-order chi connectivity index (χ0) is 10.7.